The number of hydrogen-bond donors (Lipinski definition) is 0. The van der Waals surface area contributed by atoms with E-state index < -0.39 is 0 Å². The molecule has 2 aromatic rings. The van der Waals surface area contributed by atoms with E-state index in [4.69, 9.17) is 9.15 Å². The van der Waals surface area contributed by atoms with Crippen LogP contribution in [0.4, 0.5) is 0 Å². The molecule has 5 heteroatoms. The summed E-state index contributed by atoms with van der Waals surface area (Å²) in [6.07, 6.45) is 0.287. The van der Waals surface area contributed by atoms with Crippen LogP contribution < -0.4 is 0 Å². The zero-order chi connectivity index (χ0) is 14.1. The minimum atomic E-state index is 0.287. The smallest absolute Gasteiger partial charge is 0.236 e. The van der Waals surface area contributed by atoms with Gasteiger partial charge >= 0.3 is 0 Å². The highest BCUT2D eigenvalue weighted by Gasteiger charge is 2.25. The van der Waals surface area contributed by atoms with Crippen molar-refractivity contribution in [2.75, 3.05) is 13.2 Å². The van der Waals surface area contributed by atoms with Gasteiger partial charge in [-0.1, -0.05) is 6.07 Å². The molecule has 0 saturated carbocycles. The first-order valence-corrected chi connectivity index (χ1v) is 7.87. The van der Waals surface area contributed by atoms with Gasteiger partial charge in [0.1, 0.15) is 5.76 Å². The summed E-state index contributed by atoms with van der Waals surface area (Å²) in [6, 6.07) is 4.48. The minimum Gasteiger partial charge on any atom is -0.440 e. The van der Waals surface area contributed by atoms with Gasteiger partial charge in [0.15, 0.2) is 0 Å². The van der Waals surface area contributed by atoms with Crippen LogP contribution in [-0.4, -0.2) is 35.2 Å². The highest BCUT2D eigenvalue weighted by molar-refractivity contribution is 7.13. The van der Waals surface area contributed by atoms with Crippen LogP contribution in [0.1, 0.15) is 25.3 Å². The van der Waals surface area contributed by atoms with Crippen molar-refractivity contribution in [3.05, 3.63) is 29.0 Å². The van der Waals surface area contributed by atoms with Crippen molar-refractivity contribution in [1.29, 1.82) is 0 Å². The summed E-state index contributed by atoms with van der Waals surface area (Å²) in [5.41, 5.74) is 1.04. The molecule has 1 aliphatic heterocycles. The molecule has 1 aliphatic rings. The number of oxazole rings is 1. The van der Waals surface area contributed by atoms with Crippen molar-refractivity contribution < 1.29 is 9.15 Å². The lowest BCUT2D eigenvalue weighted by Gasteiger charge is -2.36. The molecule has 1 fully saturated rings. The molecule has 0 radical (unpaired) electrons. The Kier molecular flexibility index (Phi) is 3.92. The first kappa shape index (κ1) is 13.8. The van der Waals surface area contributed by atoms with E-state index in [1.807, 2.05) is 24.4 Å². The normalized spacial score (nSPS) is 24.1. The van der Waals surface area contributed by atoms with Gasteiger partial charge < -0.3 is 9.15 Å². The molecule has 3 heterocycles. The molecule has 1 saturated heterocycles. The van der Waals surface area contributed by atoms with Gasteiger partial charge in [0.25, 0.3) is 0 Å². The van der Waals surface area contributed by atoms with Crippen LogP contribution in [0.15, 0.2) is 21.9 Å². The predicted octanol–water partition coefficient (Wildman–Crippen LogP) is 3.32. The van der Waals surface area contributed by atoms with Crippen LogP contribution >= 0.6 is 11.3 Å². The summed E-state index contributed by atoms with van der Waals surface area (Å²) in [7, 11) is 0. The number of ether oxygens (including phenoxy) is 1. The molecule has 2 atom stereocenters. The van der Waals surface area contributed by atoms with Crippen molar-refractivity contribution in [2.24, 2.45) is 0 Å². The SMILES string of the molecule is Cc1oc(-c2cccs2)nc1CN1CC(C)OCC1C. The topological polar surface area (TPSA) is 38.5 Å². The maximum atomic E-state index is 5.80. The van der Waals surface area contributed by atoms with E-state index in [9.17, 15) is 0 Å². The zero-order valence-electron chi connectivity index (χ0n) is 12.1. The Labute approximate surface area is 123 Å². The van der Waals surface area contributed by atoms with E-state index in [2.05, 4.69) is 23.7 Å². The van der Waals surface area contributed by atoms with E-state index in [1.54, 1.807) is 11.3 Å². The standard InChI is InChI=1S/C15H20N2O2S/c1-10-9-18-11(2)7-17(10)8-13-12(3)19-15(16-13)14-5-4-6-20-14/h4-6,10-11H,7-9H2,1-3H3. The molecule has 2 unspecified atom stereocenters. The summed E-state index contributed by atoms with van der Waals surface area (Å²) in [5, 5.41) is 2.04. The lowest BCUT2D eigenvalue weighted by molar-refractivity contribution is -0.0531. The number of nitrogens with zero attached hydrogens (tertiary/aromatic N) is 2. The monoisotopic (exact) mass is 292 g/mol. The highest BCUT2D eigenvalue weighted by Crippen LogP contribution is 2.27. The molecule has 3 rings (SSSR count). The fraction of sp³-hybridized carbons (Fsp3) is 0.533. The van der Waals surface area contributed by atoms with Crippen molar-refractivity contribution in [3.63, 3.8) is 0 Å². The van der Waals surface area contributed by atoms with Gasteiger partial charge in [0.05, 0.1) is 23.3 Å². The fourth-order valence-electron chi connectivity index (χ4n) is 2.46. The van der Waals surface area contributed by atoms with Gasteiger partial charge in [-0.05, 0) is 32.2 Å². The molecule has 0 aromatic carbocycles. The van der Waals surface area contributed by atoms with E-state index >= 15 is 0 Å². The summed E-state index contributed by atoms with van der Waals surface area (Å²) in [5.74, 6) is 1.65. The van der Waals surface area contributed by atoms with Gasteiger partial charge in [-0.15, -0.1) is 11.3 Å². The van der Waals surface area contributed by atoms with Crippen molar-refractivity contribution in [1.82, 2.24) is 9.88 Å². The van der Waals surface area contributed by atoms with Gasteiger partial charge in [0.2, 0.25) is 5.89 Å². The molecule has 2 aromatic heterocycles. The lowest BCUT2D eigenvalue weighted by atomic mass is 10.2. The minimum absolute atomic E-state index is 0.287. The third kappa shape index (κ3) is 2.80. The third-order valence-electron chi connectivity index (χ3n) is 3.71. The Hall–Kier alpha value is -1.17. The predicted molar refractivity (Wildman–Crippen MR) is 79.8 cm³/mol. The van der Waals surface area contributed by atoms with E-state index in [-0.39, 0.29) is 6.10 Å². The second kappa shape index (κ2) is 5.68. The van der Waals surface area contributed by atoms with E-state index in [0.717, 1.165) is 41.9 Å². The number of aromatic nitrogens is 1. The number of hydrogen-bond acceptors (Lipinski definition) is 5. The number of morpholine rings is 1. The molecule has 0 N–H and O–H groups in total. The first-order chi connectivity index (χ1) is 9.63. The fourth-order valence-corrected chi connectivity index (χ4v) is 3.11. The second-order valence-electron chi connectivity index (χ2n) is 5.42. The van der Waals surface area contributed by atoms with E-state index in [1.165, 1.54) is 0 Å². The van der Waals surface area contributed by atoms with Crippen LogP contribution in [0.2, 0.25) is 0 Å². The molecule has 20 heavy (non-hydrogen) atoms. The first-order valence-electron chi connectivity index (χ1n) is 6.99. The Morgan fingerprint density at radius 2 is 2.30 bits per heavy atom. The molecule has 4 nitrogen and oxygen atoms in total. The number of rotatable bonds is 3. The number of aryl methyl sites for hydroxylation is 1. The molecular formula is C15H20N2O2S. The molecular weight excluding hydrogens is 272 g/mol. The Balaban J connectivity index is 1.77. The Morgan fingerprint density at radius 1 is 1.45 bits per heavy atom. The largest absolute Gasteiger partial charge is 0.440 e. The van der Waals surface area contributed by atoms with Gasteiger partial charge in [-0.25, -0.2) is 4.98 Å². The van der Waals surface area contributed by atoms with Gasteiger partial charge in [-0.3, -0.25) is 4.90 Å². The molecule has 0 amide bonds. The van der Waals surface area contributed by atoms with E-state index in [0.29, 0.717) is 6.04 Å². The highest BCUT2D eigenvalue weighted by atomic mass is 32.1. The molecule has 0 aliphatic carbocycles. The Bertz CT molecular complexity index is 564. The third-order valence-corrected chi connectivity index (χ3v) is 4.57. The summed E-state index contributed by atoms with van der Waals surface area (Å²) < 4.78 is 11.5. The quantitative estimate of drug-likeness (QED) is 0.870. The number of thiophene rings is 1. The maximum absolute atomic E-state index is 5.80. The van der Waals surface area contributed by atoms with Crippen LogP contribution in [0.5, 0.6) is 0 Å². The van der Waals surface area contributed by atoms with Gasteiger partial charge in [0, 0.05) is 19.1 Å². The van der Waals surface area contributed by atoms with Crippen LogP contribution in [0, 0.1) is 6.92 Å². The summed E-state index contributed by atoms with van der Waals surface area (Å²) in [4.78, 5) is 8.17. The molecule has 0 spiro atoms. The van der Waals surface area contributed by atoms with Crippen molar-refractivity contribution in [3.8, 4) is 10.8 Å². The molecule has 108 valence electrons. The molecule has 0 bridgehead atoms. The zero-order valence-corrected chi connectivity index (χ0v) is 12.9. The summed E-state index contributed by atoms with van der Waals surface area (Å²) >= 11 is 1.66. The lowest BCUT2D eigenvalue weighted by Crippen LogP contribution is -2.46. The van der Waals surface area contributed by atoms with Crippen LogP contribution in [0.25, 0.3) is 10.8 Å². The maximum Gasteiger partial charge on any atom is 0.236 e. The second-order valence-corrected chi connectivity index (χ2v) is 6.37. The summed E-state index contributed by atoms with van der Waals surface area (Å²) in [6.45, 7) is 8.87. The van der Waals surface area contributed by atoms with Crippen LogP contribution in [0.3, 0.4) is 0 Å². The Morgan fingerprint density at radius 3 is 3.05 bits per heavy atom. The van der Waals surface area contributed by atoms with Crippen molar-refractivity contribution >= 4 is 11.3 Å². The average Bonchev–Trinajstić information content (AvgIpc) is 3.04. The van der Waals surface area contributed by atoms with Gasteiger partial charge in [-0.2, -0.15) is 0 Å². The average molecular weight is 292 g/mol. The van der Waals surface area contributed by atoms with Crippen LogP contribution in [-0.2, 0) is 11.3 Å². The van der Waals surface area contributed by atoms with Crippen molar-refractivity contribution in [2.45, 2.75) is 39.5 Å².